The quantitative estimate of drug-likeness (QED) is 0.667. The average molecular weight is 407 g/mol. The number of carbonyl (C=O) groups excluding carboxylic acids is 1. The molecule has 1 unspecified atom stereocenters. The molecule has 0 aromatic heterocycles. The first-order valence-electron chi connectivity index (χ1n) is 9.11. The third-order valence-corrected chi connectivity index (χ3v) is 4.49. The van der Waals surface area contributed by atoms with E-state index in [2.05, 4.69) is 11.6 Å². The summed E-state index contributed by atoms with van der Waals surface area (Å²) < 4.78 is 34.6. The molecular weight excluding hydrogens is 384 g/mol. The van der Waals surface area contributed by atoms with Crippen molar-refractivity contribution in [2.45, 2.75) is 31.5 Å². The van der Waals surface area contributed by atoms with E-state index in [9.17, 15) is 23.9 Å². The number of ether oxygens (including phenoxy) is 1. The lowest BCUT2D eigenvalue weighted by Crippen LogP contribution is -2.57. The molecule has 1 aromatic rings. The van der Waals surface area contributed by atoms with Crippen molar-refractivity contribution in [1.82, 2.24) is 4.90 Å². The number of piperidine rings is 1. The molecule has 0 aliphatic carbocycles. The van der Waals surface area contributed by atoms with Gasteiger partial charge in [-0.15, -0.1) is 0 Å². The summed E-state index contributed by atoms with van der Waals surface area (Å²) >= 11 is 0. The van der Waals surface area contributed by atoms with Crippen molar-refractivity contribution in [1.29, 1.82) is 5.26 Å². The molecule has 0 saturated carbocycles. The first-order chi connectivity index (χ1) is 13.8. The van der Waals surface area contributed by atoms with Gasteiger partial charge in [0.2, 0.25) is 0 Å². The summed E-state index contributed by atoms with van der Waals surface area (Å²) in [6.45, 7) is 4.20. The van der Waals surface area contributed by atoms with Gasteiger partial charge in [-0.3, -0.25) is 9.79 Å². The maximum absolute atomic E-state index is 14.6. The Balaban J connectivity index is 2.20. The summed E-state index contributed by atoms with van der Waals surface area (Å²) in [5.74, 6) is -4.35. The van der Waals surface area contributed by atoms with Crippen molar-refractivity contribution >= 4 is 11.6 Å². The van der Waals surface area contributed by atoms with Crippen molar-refractivity contribution in [3.05, 3.63) is 42.0 Å². The second-order valence-electron chi connectivity index (χ2n) is 6.50. The summed E-state index contributed by atoms with van der Waals surface area (Å²) in [4.78, 5) is 16.9. The van der Waals surface area contributed by atoms with E-state index in [0.717, 1.165) is 4.90 Å². The number of allylic oxidation sites excluding steroid dienone is 1. The van der Waals surface area contributed by atoms with Crippen molar-refractivity contribution < 1.29 is 28.5 Å². The summed E-state index contributed by atoms with van der Waals surface area (Å²) in [5, 5.41) is 27.6. The maximum atomic E-state index is 14.6. The molecule has 1 fully saturated rings. The van der Waals surface area contributed by atoms with Gasteiger partial charge in [-0.05, 0) is 31.2 Å². The largest absolute Gasteiger partial charge is 0.483 e. The molecule has 1 saturated heterocycles. The number of aliphatic hydroxyl groups excluding tert-OH is 2. The lowest BCUT2D eigenvalue weighted by molar-refractivity contribution is -0.167. The maximum Gasteiger partial charge on any atom is 0.301 e. The predicted octanol–water partition coefficient (Wildman–Crippen LogP) is 1.52. The Morgan fingerprint density at radius 3 is 2.86 bits per heavy atom. The number of alkyl halides is 2. The molecule has 0 spiro atoms. The van der Waals surface area contributed by atoms with E-state index >= 15 is 0 Å². The molecule has 1 amide bonds. The molecule has 1 heterocycles. The zero-order valence-corrected chi connectivity index (χ0v) is 16.0. The fraction of sp³-hybridized carbons (Fsp3) is 0.450. The lowest BCUT2D eigenvalue weighted by Gasteiger charge is -2.38. The Labute approximate surface area is 167 Å². The van der Waals surface area contributed by atoms with Crippen LogP contribution >= 0.6 is 0 Å². The number of aliphatic hydroxyl groups is 2. The Hall–Kier alpha value is -2.83. The zero-order valence-electron chi connectivity index (χ0n) is 16.0. The first kappa shape index (κ1) is 22.5. The number of benzene rings is 1. The predicted molar refractivity (Wildman–Crippen MR) is 102 cm³/mol. The minimum Gasteiger partial charge on any atom is -0.483 e. The van der Waals surface area contributed by atoms with E-state index < -0.39 is 37.2 Å². The standard InChI is InChI=1S/C20H23F2N3O4/c1-3-15(24-4-2)13-5-6-17(14(9-13)10-23)29-18-7-8-25(12-20(18,21)22)19(28)16(27)11-26/h3,5-6,9,16,18,26-27H,1,4,7-8,11-12H2,2H3/t16-,18?/m0/s1. The van der Waals surface area contributed by atoms with Crippen LogP contribution in [0, 0.1) is 11.3 Å². The highest BCUT2D eigenvalue weighted by molar-refractivity contribution is 6.08. The first-order valence-corrected chi connectivity index (χ1v) is 9.11. The number of hydrogen-bond donors (Lipinski definition) is 2. The third kappa shape index (κ3) is 5.16. The normalized spacial score (nSPS) is 19.9. The smallest absolute Gasteiger partial charge is 0.301 e. The van der Waals surface area contributed by atoms with Crippen LogP contribution < -0.4 is 4.74 Å². The van der Waals surface area contributed by atoms with Gasteiger partial charge in [0.05, 0.1) is 24.4 Å². The molecule has 0 radical (unpaired) electrons. The van der Waals surface area contributed by atoms with Crippen molar-refractivity contribution in [3.8, 4) is 11.8 Å². The minimum absolute atomic E-state index is 0.0102. The van der Waals surface area contributed by atoms with Gasteiger partial charge in [0, 0.05) is 25.1 Å². The Bertz CT molecular complexity index is 836. The molecule has 29 heavy (non-hydrogen) atoms. The molecule has 0 bridgehead atoms. The van der Waals surface area contributed by atoms with E-state index in [1.54, 1.807) is 12.1 Å². The van der Waals surface area contributed by atoms with Gasteiger partial charge in [0.1, 0.15) is 11.8 Å². The highest BCUT2D eigenvalue weighted by atomic mass is 19.3. The van der Waals surface area contributed by atoms with Gasteiger partial charge in [0.15, 0.2) is 12.2 Å². The Kier molecular flexibility index (Phi) is 7.42. The van der Waals surface area contributed by atoms with Crippen LogP contribution in [0.15, 0.2) is 35.8 Å². The van der Waals surface area contributed by atoms with Crippen LogP contribution in [0.4, 0.5) is 8.78 Å². The van der Waals surface area contributed by atoms with Crippen LogP contribution in [0.5, 0.6) is 5.75 Å². The van der Waals surface area contributed by atoms with Crippen LogP contribution in [0.3, 0.4) is 0 Å². The van der Waals surface area contributed by atoms with Crippen molar-refractivity contribution in [2.24, 2.45) is 4.99 Å². The molecular formula is C20H23F2N3O4. The van der Waals surface area contributed by atoms with Gasteiger partial charge in [-0.25, -0.2) is 8.78 Å². The topological polar surface area (TPSA) is 106 Å². The lowest BCUT2D eigenvalue weighted by atomic mass is 10.0. The molecule has 2 rings (SSSR count). The highest BCUT2D eigenvalue weighted by Gasteiger charge is 2.48. The molecule has 9 heteroatoms. The number of rotatable bonds is 7. The molecule has 1 aliphatic rings. The molecule has 7 nitrogen and oxygen atoms in total. The number of halogens is 2. The summed E-state index contributed by atoms with van der Waals surface area (Å²) in [5.41, 5.74) is 1.28. The van der Waals surface area contributed by atoms with Gasteiger partial charge < -0.3 is 19.8 Å². The zero-order chi connectivity index (χ0) is 21.6. The van der Waals surface area contributed by atoms with E-state index in [1.807, 2.05) is 13.0 Å². The number of carbonyl (C=O) groups is 1. The van der Waals surface area contributed by atoms with E-state index in [-0.39, 0.29) is 24.3 Å². The number of nitrogens with zero attached hydrogens (tertiary/aromatic N) is 3. The monoisotopic (exact) mass is 407 g/mol. The van der Waals surface area contributed by atoms with Crippen molar-refractivity contribution in [2.75, 3.05) is 26.2 Å². The van der Waals surface area contributed by atoms with E-state index in [4.69, 9.17) is 9.84 Å². The molecule has 156 valence electrons. The molecule has 1 aromatic carbocycles. The van der Waals surface area contributed by atoms with E-state index in [0.29, 0.717) is 17.8 Å². The number of amides is 1. The Morgan fingerprint density at radius 1 is 1.59 bits per heavy atom. The second-order valence-corrected chi connectivity index (χ2v) is 6.50. The Morgan fingerprint density at radius 2 is 2.31 bits per heavy atom. The average Bonchev–Trinajstić information content (AvgIpc) is 2.72. The SMILES string of the molecule is C=CC(=NCC)c1ccc(OC2CCN(C(=O)[C@@H](O)CO)CC2(F)F)c(C#N)c1. The molecule has 2 N–H and O–H groups in total. The molecule has 2 atom stereocenters. The van der Waals surface area contributed by atoms with E-state index in [1.165, 1.54) is 12.1 Å². The van der Waals surface area contributed by atoms with Gasteiger partial charge in [-0.1, -0.05) is 6.58 Å². The van der Waals surface area contributed by atoms with Crippen LogP contribution in [-0.2, 0) is 4.79 Å². The summed E-state index contributed by atoms with van der Waals surface area (Å²) in [7, 11) is 0. The van der Waals surface area contributed by atoms with Gasteiger partial charge in [-0.2, -0.15) is 5.26 Å². The van der Waals surface area contributed by atoms with Crippen LogP contribution in [0.1, 0.15) is 24.5 Å². The number of aliphatic imine (C=N–C) groups is 1. The summed E-state index contributed by atoms with van der Waals surface area (Å²) in [6, 6.07) is 6.49. The minimum atomic E-state index is -3.40. The third-order valence-electron chi connectivity index (χ3n) is 4.49. The fourth-order valence-electron chi connectivity index (χ4n) is 3.02. The highest BCUT2D eigenvalue weighted by Crippen LogP contribution is 2.33. The fourth-order valence-corrected chi connectivity index (χ4v) is 3.02. The number of nitriles is 1. The van der Waals surface area contributed by atoms with Crippen LogP contribution in [0.2, 0.25) is 0 Å². The van der Waals surface area contributed by atoms with Crippen LogP contribution in [-0.4, -0.2) is 71.1 Å². The van der Waals surface area contributed by atoms with Crippen LogP contribution in [0.25, 0.3) is 0 Å². The summed E-state index contributed by atoms with van der Waals surface area (Å²) in [6.07, 6.45) is -1.93. The molecule has 1 aliphatic heterocycles. The van der Waals surface area contributed by atoms with Crippen molar-refractivity contribution in [3.63, 3.8) is 0 Å². The number of hydrogen-bond acceptors (Lipinski definition) is 6. The number of likely N-dealkylation sites (tertiary alicyclic amines) is 1. The second kappa shape index (κ2) is 9.58. The van der Waals surface area contributed by atoms with Gasteiger partial charge in [0.25, 0.3) is 5.91 Å². The van der Waals surface area contributed by atoms with Gasteiger partial charge >= 0.3 is 5.92 Å².